The number of alkyl halides is 3. The second-order valence-corrected chi connectivity index (χ2v) is 4.88. The first-order valence-corrected chi connectivity index (χ1v) is 6.37. The zero-order chi connectivity index (χ0) is 14.9. The van der Waals surface area contributed by atoms with Crippen molar-refractivity contribution in [3.8, 4) is 0 Å². The van der Waals surface area contributed by atoms with Crippen molar-refractivity contribution in [3.05, 3.63) is 29.1 Å². The summed E-state index contributed by atoms with van der Waals surface area (Å²) in [5, 5.41) is 3.16. The van der Waals surface area contributed by atoms with Gasteiger partial charge in [0.25, 0.3) is 5.91 Å². The molecule has 2 rings (SSSR count). The van der Waals surface area contributed by atoms with Gasteiger partial charge in [-0.15, -0.1) is 0 Å². The number of piperazine rings is 1. The number of carbonyl (C=O) groups excluding carboxylic acids is 1. The molecule has 0 spiro atoms. The first-order valence-electron chi connectivity index (χ1n) is 6.37. The Morgan fingerprint density at radius 2 is 2.15 bits per heavy atom. The lowest BCUT2D eigenvalue weighted by Crippen LogP contribution is -2.52. The lowest BCUT2D eigenvalue weighted by Gasteiger charge is -2.34. The predicted molar refractivity (Wildman–Crippen MR) is 67.3 cm³/mol. The van der Waals surface area contributed by atoms with Crippen LogP contribution < -0.4 is 5.32 Å². The summed E-state index contributed by atoms with van der Waals surface area (Å²) < 4.78 is 37.7. The van der Waals surface area contributed by atoms with Crippen LogP contribution in [0.15, 0.2) is 12.1 Å². The van der Waals surface area contributed by atoms with Gasteiger partial charge in [-0.05, 0) is 26.0 Å². The van der Waals surface area contributed by atoms with E-state index >= 15 is 0 Å². The van der Waals surface area contributed by atoms with Crippen LogP contribution >= 0.6 is 0 Å². The third-order valence-corrected chi connectivity index (χ3v) is 3.37. The van der Waals surface area contributed by atoms with Crippen LogP contribution in [0.4, 0.5) is 13.2 Å². The van der Waals surface area contributed by atoms with Gasteiger partial charge >= 0.3 is 6.18 Å². The second-order valence-electron chi connectivity index (χ2n) is 4.88. The molecule has 2 heterocycles. The smallest absolute Gasteiger partial charge is 0.333 e. The molecule has 110 valence electrons. The third-order valence-electron chi connectivity index (χ3n) is 3.37. The normalized spacial score (nSPS) is 20.1. The fraction of sp³-hybridized carbons (Fsp3) is 0.538. The van der Waals surface area contributed by atoms with Gasteiger partial charge in [0, 0.05) is 25.7 Å². The van der Waals surface area contributed by atoms with E-state index in [0.29, 0.717) is 19.6 Å². The highest BCUT2D eigenvalue weighted by molar-refractivity contribution is 5.95. The van der Waals surface area contributed by atoms with Crippen molar-refractivity contribution in [2.75, 3.05) is 19.6 Å². The SMILES string of the molecule is Cc1nc(C(F)(F)F)ccc1C(=O)N1CCNC[C@H]1C. The molecule has 1 aromatic rings. The third kappa shape index (κ3) is 2.92. The van der Waals surface area contributed by atoms with E-state index in [0.717, 1.165) is 6.07 Å². The lowest BCUT2D eigenvalue weighted by molar-refractivity contribution is -0.141. The summed E-state index contributed by atoms with van der Waals surface area (Å²) in [5.41, 5.74) is -0.637. The summed E-state index contributed by atoms with van der Waals surface area (Å²) in [6.07, 6.45) is -4.49. The summed E-state index contributed by atoms with van der Waals surface area (Å²) in [6.45, 7) is 5.23. The van der Waals surface area contributed by atoms with Gasteiger partial charge in [-0.25, -0.2) is 4.98 Å². The minimum Gasteiger partial charge on any atom is -0.333 e. The van der Waals surface area contributed by atoms with Crippen LogP contribution in [0.5, 0.6) is 0 Å². The molecule has 1 atom stereocenters. The van der Waals surface area contributed by atoms with Gasteiger partial charge in [0.15, 0.2) is 0 Å². The minimum atomic E-state index is -4.49. The summed E-state index contributed by atoms with van der Waals surface area (Å²) in [6, 6.07) is 2.08. The molecule has 1 aliphatic rings. The number of aryl methyl sites for hydroxylation is 1. The van der Waals surface area contributed by atoms with Crippen molar-refractivity contribution in [2.45, 2.75) is 26.1 Å². The van der Waals surface area contributed by atoms with Crippen LogP contribution in [0.2, 0.25) is 0 Å². The first-order chi connectivity index (χ1) is 9.30. The molecule has 0 unspecified atom stereocenters. The van der Waals surface area contributed by atoms with E-state index in [1.807, 2.05) is 6.92 Å². The van der Waals surface area contributed by atoms with Gasteiger partial charge in [0.2, 0.25) is 0 Å². The zero-order valence-electron chi connectivity index (χ0n) is 11.3. The topological polar surface area (TPSA) is 45.2 Å². The van der Waals surface area contributed by atoms with Gasteiger partial charge < -0.3 is 10.2 Å². The average molecular weight is 287 g/mol. The Bertz CT molecular complexity index is 516. The summed E-state index contributed by atoms with van der Waals surface area (Å²) in [7, 11) is 0. The van der Waals surface area contributed by atoms with Gasteiger partial charge in [-0.3, -0.25) is 4.79 Å². The molecular formula is C13H16F3N3O. The monoisotopic (exact) mass is 287 g/mol. The fourth-order valence-electron chi connectivity index (χ4n) is 2.24. The van der Waals surface area contributed by atoms with Crippen LogP contribution in [-0.4, -0.2) is 41.5 Å². The Morgan fingerprint density at radius 1 is 1.45 bits per heavy atom. The molecule has 1 N–H and O–H groups in total. The van der Waals surface area contributed by atoms with Crippen LogP contribution in [0.1, 0.15) is 28.7 Å². The number of carbonyl (C=O) groups is 1. The van der Waals surface area contributed by atoms with Gasteiger partial charge in [-0.1, -0.05) is 0 Å². The highest BCUT2D eigenvalue weighted by Gasteiger charge is 2.33. The van der Waals surface area contributed by atoms with Crippen LogP contribution in [0.25, 0.3) is 0 Å². The summed E-state index contributed by atoms with van der Waals surface area (Å²) in [5.74, 6) is -0.266. The number of amides is 1. The number of nitrogens with zero attached hydrogens (tertiary/aromatic N) is 2. The van der Waals surface area contributed by atoms with Crippen LogP contribution in [0, 0.1) is 6.92 Å². The van der Waals surface area contributed by atoms with Crippen molar-refractivity contribution >= 4 is 5.91 Å². The summed E-state index contributed by atoms with van der Waals surface area (Å²) in [4.78, 5) is 17.5. The van der Waals surface area contributed by atoms with Crippen LogP contribution in [0.3, 0.4) is 0 Å². The quantitative estimate of drug-likeness (QED) is 0.857. The first kappa shape index (κ1) is 14.8. The van der Waals surface area contributed by atoms with Crippen molar-refractivity contribution < 1.29 is 18.0 Å². The number of nitrogens with one attached hydrogen (secondary N) is 1. The largest absolute Gasteiger partial charge is 0.433 e. The number of hydrogen-bond donors (Lipinski definition) is 1. The number of halogens is 3. The molecular weight excluding hydrogens is 271 g/mol. The molecule has 1 saturated heterocycles. The molecule has 20 heavy (non-hydrogen) atoms. The van der Waals surface area contributed by atoms with Gasteiger partial charge in [0.1, 0.15) is 5.69 Å². The van der Waals surface area contributed by atoms with E-state index in [1.165, 1.54) is 13.0 Å². The predicted octanol–water partition coefficient (Wildman–Crippen LogP) is 1.84. The Morgan fingerprint density at radius 3 is 2.70 bits per heavy atom. The highest BCUT2D eigenvalue weighted by Crippen LogP contribution is 2.28. The van der Waals surface area contributed by atoms with Gasteiger partial charge in [0.05, 0.1) is 11.3 Å². The average Bonchev–Trinajstić information content (AvgIpc) is 2.37. The maximum atomic E-state index is 12.6. The van der Waals surface area contributed by atoms with Crippen LogP contribution in [-0.2, 0) is 6.18 Å². The Labute approximate surface area is 115 Å². The lowest BCUT2D eigenvalue weighted by atomic mass is 10.1. The second kappa shape index (κ2) is 5.40. The molecule has 1 aliphatic heterocycles. The number of rotatable bonds is 1. The molecule has 0 saturated carbocycles. The van der Waals surface area contributed by atoms with E-state index in [9.17, 15) is 18.0 Å². The Hall–Kier alpha value is -1.63. The molecule has 0 aliphatic carbocycles. The molecule has 4 nitrogen and oxygen atoms in total. The number of aromatic nitrogens is 1. The Balaban J connectivity index is 2.26. The van der Waals surface area contributed by atoms with E-state index in [4.69, 9.17) is 0 Å². The van der Waals surface area contributed by atoms with Gasteiger partial charge in [-0.2, -0.15) is 13.2 Å². The molecule has 1 fully saturated rings. The van der Waals surface area contributed by atoms with Crippen molar-refractivity contribution in [1.82, 2.24) is 15.2 Å². The van der Waals surface area contributed by atoms with E-state index in [2.05, 4.69) is 10.3 Å². The van der Waals surface area contributed by atoms with E-state index in [-0.39, 0.29) is 23.2 Å². The molecule has 0 bridgehead atoms. The van der Waals surface area contributed by atoms with Crippen molar-refractivity contribution in [3.63, 3.8) is 0 Å². The molecule has 1 amide bonds. The summed E-state index contributed by atoms with van der Waals surface area (Å²) >= 11 is 0. The fourth-order valence-corrected chi connectivity index (χ4v) is 2.24. The Kier molecular flexibility index (Phi) is 3.99. The van der Waals surface area contributed by atoms with E-state index in [1.54, 1.807) is 4.90 Å². The number of pyridine rings is 1. The minimum absolute atomic E-state index is 0.0120. The maximum Gasteiger partial charge on any atom is 0.433 e. The standard InChI is InChI=1S/C13H16F3N3O/c1-8-7-17-5-6-19(8)12(20)10-3-4-11(13(14,15)16)18-9(10)2/h3-4,8,17H,5-7H2,1-2H3/t8-/m1/s1. The van der Waals surface area contributed by atoms with Crippen molar-refractivity contribution in [2.24, 2.45) is 0 Å². The molecule has 7 heteroatoms. The van der Waals surface area contributed by atoms with Crippen molar-refractivity contribution in [1.29, 1.82) is 0 Å². The highest BCUT2D eigenvalue weighted by atomic mass is 19.4. The molecule has 0 aromatic carbocycles. The molecule has 0 radical (unpaired) electrons. The number of hydrogen-bond acceptors (Lipinski definition) is 3. The maximum absolute atomic E-state index is 12.6. The molecule has 1 aromatic heterocycles. The van der Waals surface area contributed by atoms with E-state index < -0.39 is 11.9 Å². The zero-order valence-corrected chi connectivity index (χ0v) is 11.3.